The number of carbonyl (C=O) groups excluding carboxylic acids is 1. The number of benzene rings is 2. The van der Waals surface area contributed by atoms with Crippen molar-refractivity contribution in [3.63, 3.8) is 0 Å². The molecule has 1 aliphatic rings. The number of carbonyl (C=O) groups is 1. The Hall–Kier alpha value is -2.29. The summed E-state index contributed by atoms with van der Waals surface area (Å²) in [4.78, 5) is 13.9. The van der Waals surface area contributed by atoms with Gasteiger partial charge in [0.05, 0.1) is 0 Å². The summed E-state index contributed by atoms with van der Waals surface area (Å²) >= 11 is 0. The molecule has 1 heterocycles. The van der Waals surface area contributed by atoms with E-state index in [9.17, 15) is 4.79 Å². The van der Waals surface area contributed by atoms with Crippen molar-refractivity contribution in [1.29, 1.82) is 0 Å². The van der Waals surface area contributed by atoms with Gasteiger partial charge in [-0.05, 0) is 49.9 Å². The second-order valence-corrected chi connectivity index (χ2v) is 7.48. The number of nitrogens with zero attached hydrogens (tertiary/aromatic N) is 1. The molecule has 0 radical (unpaired) electrons. The SMILES string of the molecule is Cc1ccccc1-c1ccccc1C1CN(C(=O)OC(C)(C)C)C1. The first-order chi connectivity index (χ1) is 11.3. The maximum absolute atomic E-state index is 12.1. The van der Waals surface area contributed by atoms with Gasteiger partial charge in [-0.25, -0.2) is 4.79 Å². The van der Waals surface area contributed by atoms with Crippen LogP contribution in [0.25, 0.3) is 11.1 Å². The maximum Gasteiger partial charge on any atom is 0.410 e. The highest BCUT2D eigenvalue weighted by Gasteiger charge is 2.35. The van der Waals surface area contributed by atoms with Crippen molar-refractivity contribution in [1.82, 2.24) is 4.90 Å². The van der Waals surface area contributed by atoms with Gasteiger partial charge in [0.1, 0.15) is 5.60 Å². The summed E-state index contributed by atoms with van der Waals surface area (Å²) in [5.41, 5.74) is 4.68. The van der Waals surface area contributed by atoms with Gasteiger partial charge in [0.25, 0.3) is 0 Å². The number of hydrogen-bond donors (Lipinski definition) is 0. The second-order valence-electron chi connectivity index (χ2n) is 7.48. The molecule has 0 N–H and O–H groups in total. The van der Waals surface area contributed by atoms with Gasteiger partial charge in [0.15, 0.2) is 0 Å². The Balaban J connectivity index is 1.77. The van der Waals surface area contributed by atoms with Crippen LogP contribution in [0, 0.1) is 6.92 Å². The molecule has 2 aromatic rings. The Morgan fingerprint density at radius 3 is 2.21 bits per heavy atom. The monoisotopic (exact) mass is 323 g/mol. The third-order valence-corrected chi connectivity index (χ3v) is 4.37. The minimum absolute atomic E-state index is 0.216. The van der Waals surface area contributed by atoms with E-state index in [1.807, 2.05) is 20.8 Å². The lowest BCUT2D eigenvalue weighted by Crippen LogP contribution is -2.50. The highest BCUT2D eigenvalue weighted by atomic mass is 16.6. The first kappa shape index (κ1) is 16.6. The quantitative estimate of drug-likeness (QED) is 0.778. The van der Waals surface area contributed by atoms with Gasteiger partial charge >= 0.3 is 6.09 Å². The van der Waals surface area contributed by atoms with Crippen LogP contribution in [0.2, 0.25) is 0 Å². The van der Waals surface area contributed by atoms with Gasteiger partial charge in [-0.1, -0.05) is 48.5 Å². The number of likely N-dealkylation sites (tertiary alicyclic amines) is 1. The first-order valence-corrected chi connectivity index (χ1v) is 8.48. The molecule has 2 aromatic carbocycles. The van der Waals surface area contributed by atoms with E-state index in [-0.39, 0.29) is 6.09 Å². The van der Waals surface area contributed by atoms with Crippen LogP contribution in [-0.2, 0) is 4.74 Å². The van der Waals surface area contributed by atoms with Crippen molar-refractivity contribution in [3.8, 4) is 11.1 Å². The topological polar surface area (TPSA) is 29.5 Å². The zero-order valence-corrected chi connectivity index (χ0v) is 14.9. The van der Waals surface area contributed by atoms with Crippen LogP contribution in [0.15, 0.2) is 48.5 Å². The van der Waals surface area contributed by atoms with Gasteiger partial charge < -0.3 is 9.64 Å². The van der Waals surface area contributed by atoms with E-state index < -0.39 is 5.60 Å². The van der Waals surface area contributed by atoms with Crippen LogP contribution >= 0.6 is 0 Å². The Morgan fingerprint density at radius 2 is 1.58 bits per heavy atom. The predicted octanol–water partition coefficient (Wildman–Crippen LogP) is 5.00. The molecule has 24 heavy (non-hydrogen) atoms. The maximum atomic E-state index is 12.1. The number of ether oxygens (including phenoxy) is 1. The molecular formula is C21H25NO2. The molecule has 0 aliphatic carbocycles. The van der Waals surface area contributed by atoms with Crippen molar-refractivity contribution >= 4 is 6.09 Å². The van der Waals surface area contributed by atoms with E-state index in [1.165, 1.54) is 22.3 Å². The van der Waals surface area contributed by atoms with E-state index in [0.717, 1.165) is 13.1 Å². The van der Waals surface area contributed by atoms with Crippen molar-refractivity contribution in [3.05, 3.63) is 59.7 Å². The molecule has 0 aromatic heterocycles. The third-order valence-electron chi connectivity index (χ3n) is 4.37. The van der Waals surface area contributed by atoms with Gasteiger partial charge in [-0.2, -0.15) is 0 Å². The molecule has 3 nitrogen and oxygen atoms in total. The van der Waals surface area contributed by atoms with Gasteiger partial charge in [0.2, 0.25) is 0 Å². The molecule has 1 saturated heterocycles. The average molecular weight is 323 g/mol. The largest absolute Gasteiger partial charge is 0.444 e. The summed E-state index contributed by atoms with van der Waals surface area (Å²) in [5, 5.41) is 0. The summed E-state index contributed by atoms with van der Waals surface area (Å²) in [6, 6.07) is 17.0. The fraction of sp³-hybridized carbons (Fsp3) is 0.381. The predicted molar refractivity (Wildman–Crippen MR) is 97.2 cm³/mol. The van der Waals surface area contributed by atoms with Crippen LogP contribution in [-0.4, -0.2) is 29.7 Å². The number of aryl methyl sites for hydroxylation is 1. The summed E-state index contributed by atoms with van der Waals surface area (Å²) in [7, 11) is 0. The summed E-state index contributed by atoms with van der Waals surface area (Å²) in [5.74, 6) is 0.369. The van der Waals surface area contributed by atoms with E-state index in [1.54, 1.807) is 4.90 Å². The molecule has 126 valence electrons. The Morgan fingerprint density at radius 1 is 1.00 bits per heavy atom. The molecule has 0 bridgehead atoms. The van der Waals surface area contributed by atoms with Crippen LogP contribution in [0.3, 0.4) is 0 Å². The molecule has 0 spiro atoms. The Labute approximate surface area is 144 Å². The average Bonchev–Trinajstić information content (AvgIpc) is 2.45. The molecular weight excluding hydrogens is 298 g/mol. The zero-order chi connectivity index (χ0) is 17.3. The van der Waals surface area contributed by atoms with E-state index in [0.29, 0.717) is 5.92 Å². The van der Waals surface area contributed by atoms with Crippen molar-refractivity contribution in [2.75, 3.05) is 13.1 Å². The molecule has 1 fully saturated rings. The molecule has 0 atom stereocenters. The van der Waals surface area contributed by atoms with Crippen LogP contribution in [0.1, 0.15) is 37.8 Å². The van der Waals surface area contributed by atoms with Gasteiger partial charge in [0, 0.05) is 19.0 Å². The summed E-state index contributed by atoms with van der Waals surface area (Å²) in [6.07, 6.45) is -0.216. The van der Waals surface area contributed by atoms with E-state index >= 15 is 0 Å². The normalized spacial score (nSPS) is 15.1. The minimum atomic E-state index is -0.443. The fourth-order valence-electron chi connectivity index (χ4n) is 3.12. The molecule has 3 heteroatoms. The second kappa shape index (κ2) is 6.31. The minimum Gasteiger partial charge on any atom is -0.444 e. The Bertz CT molecular complexity index is 739. The smallest absolute Gasteiger partial charge is 0.410 e. The van der Waals surface area contributed by atoms with Crippen LogP contribution in [0.4, 0.5) is 4.79 Å². The Kier molecular flexibility index (Phi) is 4.35. The number of hydrogen-bond acceptors (Lipinski definition) is 2. The van der Waals surface area contributed by atoms with Crippen LogP contribution in [0.5, 0.6) is 0 Å². The lowest BCUT2D eigenvalue weighted by molar-refractivity contribution is 0.00823. The molecule has 1 amide bonds. The van der Waals surface area contributed by atoms with Crippen molar-refractivity contribution < 1.29 is 9.53 Å². The fourth-order valence-corrected chi connectivity index (χ4v) is 3.12. The lowest BCUT2D eigenvalue weighted by Gasteiger charge is -2.40. The van der Waals surface area contributed by atoms with E-state index in [2.05, 4.69) is 55.5 Å². The van der Waals surface area contributed by atoms with Crippen molar-refractivity contribution in [2.24, 2.45) is 0 Å². The van der Waals surface area contributed by atoms with Gasteiger partial charge in [-0.3, -0.25) is 0 Å². The molecule has 0 unspecified atom stereocenters. The standard InChI is InChI=1S/C21H25NO2/c1-15-9-5-6-10-17(15)19-12-8-7-11-18(19)16-13-22(14-16)20(23)24-21(2,3)4/h5-12,16H,13-14H2,1-4H3. The van der Waals surface area contributed by atoms with Crippen LogP contribution < -0.4 is 0 Å². The number of rotatable bonds is 2. The van der Waals surface area contributed by atoms with Gasteiger partial charge in [-0.15, -0.1) is 0 Å². The molecule has 0 saturated carbocycles. The molecule has 3 rings (SSSR count). The molecule has 1 aliphatic heterocycles. The summed E-state index contributed by atoms with van der Waals surface area (Å²) in [6.45, 7) is 9.27. The first-order valence-electron chi connectivity index (χ1n) is 8.48. The highest BCUT2D eigenvalue weighted by molar-refractivity contribution is 5.73. The number of amides is 1. The van der Waals surface area contributed by atoms with Crippen molar-refractivity contribution in [2.45, 2.75) is 39.2 Å². The lowest BCUT2D eigenvalue weighted by atomic mass is 9.85. The third kappa shape index (κ3) is 3.45. The highest BCUT2D eigenvalue weighted by Crippen LogP contribution is 2.36. The van der Waals surface area contributed by atoms with E-state index in [4.69, 9.17) is 4.74 Å². The zero-order valence-electron chi connectivity index (χ0n) is 14.9. The summed E-state index contributed by atoms with van der Waals surface area (Å²) < 4.78 is 5.45.